The Kier molecular flexibility index (Phi) is 7.02. The maximum absolute atomic E-state index is 9.81. The highest BCUT2D eigenvalue weighted by Gasteiger charge is 2.29. The van der Waals surface area contributed by atoms with E-state index in [1.807, 2.05) is 25.2 Å². The summed E-state index contributed by atoms with van der Waals surface area (Å²) in [6.45, 7) is 2.62. The molecule has 0 radical (unpaired) electrons. The third-order valence-corrected chi connectivity index (χ3v) is 3.67. The molecule has 0 saturated heterocycles. The molecule has 1 aromatic carbocycles. The van der Waals surface area contributed by atoms with Gasteiger partial charge in [0.25, 0.3) is 0 Å². The SMILES string of the molecule is CNC(CO)(CCN(C)CCOC)c1ccccc1. The third kappa shape index (κ3) is 4.58. The molecule has 0 saturated carbocycles. The number of hydrogen-bond donors (Lipinski definition) is 2. The van der Waals surface area contributed by atoms with E-state index in [9.17, 15) is 5.11 Å². The van der Waals surface area contributed by atoms with Crippen molar-refractivity contribution in [2.24, 2.45) is 0 Å². The monoisotopic (exact) mass is 266 g/mol. The highest BCUT2D eigenvalue weighted by molar-refractivity contribution is 5.24. The van der Waals surface area contributed by atoms with Gasteiger partial charge in [-0.1, -0.05) is 30.3 Å². The zero-order valence-corrected chi connectivity index (χ0v) is 12.2. The fourth-order valence-electron chi connectivity index (χ4n) is 2.16. The molecule has 0 bridgehead atoms. The molecule has 4 nitrogen and oxygen atoms in total. The van der Waals surface area contributed by atoms with E-state index in [0.29, 0.717) is 0 Å². The van der Waals surface area contributed by atoms with Crippen molar-refractivity contribution in [3.8, 4) is 0 Å². The molecule has 0 amide bonds. The molecule has 1 aromatic rings. The van der Waals surface area contributed by atoms with Crippen LogP contribution in [0, 0.1) is 0 Å². The zero-order valence-electron chi connectivity index (χ0n) is 12.2. The van der Waals surface area contributed by atoms with Crippen molar-refractivity contribution >= 4 is 0 Å². The maximum atomic E-state index is 9.81. The van der Waals surface area contributed by atoms with E-state index in [4.69, 9.17) is 4.74 Å². The molecule has 4 heteroatoms. The van der Waals surface area contributed by atoms with Gasteiger partial charge in [-0.05, 0) is 26.1 Å². The summed E-state index contributed by atoms with van der Waals surface area (Å²) in [5.74, 6) is 0. The van der Waals surface area contributed by atoms with Gasteiger partial charge >= 0.3 is 0 Å². The van der Waals surface area contributed by atoms with Gasteiger partial charge in [-0.25, -0.2) is 0 Å². The smallest absolute Gasteiger partial charge is 0.0678 e. The number of aliphatic hydroxyl groups is 1. The van der Waals surface area contributed by atoms with Crippen molar-refractivity contribution in [2.75, 3.05) is 47.5 Å². The minimum atomic E-state index is -0.372. The average molecular weight is 266 g/mol. The van der Waals surface area contributed by atoms with E-state index in [2.05, 4.69) is 29.4 Å². The molecule has 0 fully saturated rings. The van der Waals surface area contributed by atoms with Gasteiger partial charge in [0.2, 0.25) is 0 Å². The van der Waals surface area contributed by atoms with Crippen LogP contribution in [0.4, 0.5) is 0 Å². The molecule has 0 aliphatic carbocycles. The van der Waals surface area contributed by atoms with Crippen LogP contribution in [0.2, 0.25) is 0 Å². The van der Waals surface area contributed by atoms with Gasteiger partial charge in [0.15, 0.2) is 0 Å². The number of methoxy groups -OCH3 is 1. The highest BCUT2D eigenvalue weighted by atomic mass is 16.5. The van der Waals surface area contributed by atoms with Crippen molar-refractivity contribution < 1.29 is 9.84 Å². The first-order valence-electron chi connectivity index (χ1n) is 6.71. The quantitative estimate of drug-likeness (QED) is 0.701. The van der Waals surface area contributed by atoms with Gasteiger partial charge in [0.1, 0.15) is 0 Å². The van der Waals surface area contributed by atoms with Gasteiger partial charge < -0.3 is 20.1 Å². The summed E-state index contributed by atoms with van der Waals surface area (Å²) in [4.78, 5) is 2.22. The summed E-state index contributed by atoms with van der Waals surface area (Å²) in [5.41, 5.74) is 0.753. The van der Waals surface area contributed by atoms with Gasteiger partial charge in [0.05, 0.1) is 18.8 Å². The van der Waals surface area contributed by atoms with Crippen LogP contribution in [-0.2, 0) is 10.3 Å². The van der Waals surface area contributed by atoms with Crippen LogP contribution in [0.3, 0.4) is 0 Å². The van der Waals surface area contributed by atoms with E-state index in [0.717, 1.165) is 31.7 Å². The molecule has 19 heavy (non-hydrogen) atoms. The second-order valence-electron chi connectivity index (χ2n) is 4.90. The van der Waals surface area contributed by atoms with Crippen molar-refractivity contribution in [3.63, 3.8) is 0 Å². The maximum Gasteiger partial charge on any atom is 0.0678 e. The fourth-order valence-corrected chi connectivity index (χ4v) is 2.16. The van der Waals surface area contributed by atoms with Gasteiger partial charge in [-0.15, -0.1) is 0 Å². The lowest BCUT2D eigenvalue weighted by Gasteiger charge is -2.34. The first-order chi connectivity index (χ1) is 9.18. The van der Waals surface area contributed by atoms with E-state index < -0.39 is 0 Å². The van der Waals surface area contributed by atoms with Crippen LogP contribution in [0.15, 0.2) is 30.3 Å². The van der Waals surface area contributed by atoms with E-state index in [-0.39, 0.29) is 12.1 Å². The van der Waals surface area contributed by atoms with Crippen molar-refractivity contribution in [1.29, 1.82) is 0 Å². The molecular formula is C15H26N2O2. The predicted octanol–water partition coefficient (Wildman–Crippen LogP) is 1.06. The van der Waals surface area contributed by atoms with Gasteiger partial charge in [-0.3, -0.25) is 0 Å². The molecule has 108 valence electrons. The lowest BCUT2D eigenvalue weighted by atomic mass is 9.87. The van der Waals surface area contributed by atoms with Crippen molar-refractivity contribution in [3.05, 3.63) is 35.9 Å². The van der Waals surface area contributed by atoms with Crippen LogP contribution >= 0.6 is 0 Å². The summed E-state index contributed by atoms with van der Waals surface area (Å²) >= 11 is 0. The number of rotatable bonds is 9. The first-order valence-corrected chi connectivity index (χ1v) is 6.71. The van der Waals surface area contributed by atoms with Crippen LogP contribution in [-0.4, -0.2) is 57.5 Å². The predicted molar refractivity (Wildman–Crippen MR) is 78.3 cm³/mol. The van der Waals surface area contributed by atoms with Gasteiger partial charge in [-0.2, -0.15) is 0 Å². The topological polar surface area (TPSA) is 44.7 Å². The number of likely N-dealkylation sites (N-methyl/N-ethyl adjacent to an activating group) is 2. The molecular weight excluding hydrogens is 240 g/mol. The van der Waals surface area contributed by atoms with Crippen LogP contribution < -0.4 is 5.32 Å². The Bertz CT molecular complexity index is 339. The summed E-state index contributed by atoms with van der Waals surface area (Å²) in [6, 6.07) is 10.1. The minimum absolute atomic E-state index is 0.0889. The summed E-state index contributed by atoms with van der Waals surface area (Å²) in [7, 11) is 5.68. The Morgan fingerprint density at radius 2 is 1.95 bits per heavy atom. The number of hydrogen-bond acceptors (Lipinski definition) is 4. The third-order valence-electron chi connectivity index (χ3n) is 3.67. The highest BCUT2D eigenvalue weighted by Crippen LogP contribution is 2.24. The van der Waals surface area contributed by atoms with Crippen molar-refractivity contribution in [1.82, 2.24) is 10.2 Å². The van der Waals surface area contributed by atoms with Crippen molar-refractivity contribution in [2.45, 2.75) is 12.0 Å². The zero-order chi connectivity index (χ0) is 14.1. The number of ether oxygens (including phenoxy) is 1. The van der Waals surface area contributed by atoms with Gasteiger partial charge in [0, 0.05) is 20.2 Å². The fraction of sp³-hybridized carbons (Fsp3) is 0.600. The lowest BCUT2D eigenvalue weighted by Crippen LogP contribution is -2.46. The van der Waals surface area contributed by atoms with E-state index in [1.54, 1.807) is 7.11 Å². The van der Waals surface area contributed by atoms with E-state index in [1.165, 1.54) is 0 Å². The van der Waals surface area contributed by atoms with Crippen LogP contribution in [0.1, 0.15) is 12.0 Å². The van der Waals surface area contributed by atoms with Crippen LogP contribution in [0.5, 0.6) is 0 Å². The number of benzene rings is 1. The molecule has 0 heterocycles. The normalized spacial score (nSPS) is 14.6. The Morgan fingerprint density at radius 3 is 2.47 bits per heavy atom. The molecule has 0 aromatic heterocycles. The summed E-state index contributed by atoms with van der Waals surface area (Å²) in [5, 5.41) is 13.1. The summed E-state index contributed by atoms with van der Waals surface area (Å²) < 4.78 is 5.08. The number of nitrogens with one attached hydrogen (secondary N) is 1. The average Bonchev–Trinajstić information content (AvgIpc) is 2.48. The Labute approximate surface area is 116 Å². The number of nitrogens with zero attached hydrogens (tertiary/aromatic N) is 1. The second kappa shape index (κ2) is 8.27. The Balaban J connectivity index is 2.67. The second-order valence-corrected chi connectivity index (χ2v) is 4.90. The molecule has 1 rings (SSSR count). The minimum Gasteiger partial charge on any atom is -0.394 e. The molecule has 0 spiro atoms. The standard InChI is InChI=1S/C15H26N2O2/c1-16-15(13-18,14-7-5-4-6-8-14)9-10-17(2)11-12-19-3/h4-8,16,18H,9-13H2,1-3H3. The number of aliphatic hydroxyl groups excluding tert-OH is 1. The molecule has 1 atom stereocenters. The Hall–Kier alpha value is -0.940. The molecule has 0 aliphatic rings. The largest absolute Gasteiger partial charge is 0.394 e. The molecule has 1 unspecified atom stereocenters. The molecule has 0 aliphatic heterocycles. The molecule has 2 N–H and O–H groups in total. The lowest BCUT2D eigenvalue weighted by molar-refractivity contribution is 0.127. The first kappa shape index (κ1) is 16.1. The Morgan fingerprint density at radius 1 is 1.26 bits per heavy atom. The van der Waals surface area contributed by atoms with Crippen LogP contribution in [0.25, 0.3) is 0 Å². The van der Waals surface area contributed by atoms with E-state index >= 15 is 0 Å². The summed E-state index contributed by atoms with van der Waals surface area (Å²) in [6.07, 6.45) is 0.851.